The zero-order valence-corrected chi connectivity index (χ0v) is 15.9. The molecule has 1 heterocycles. The fourth-order valence-corrected chi connectivity index (χ4v) is 2.94. The Balaban J connectivity index is 2.16. The summed E-state index contributed by atoms with van der Waals surface area (Å²) in [7, 11) is 0. The quantitative estimate of drug-likeness (QED) is 0.323. The van der Waals surface area contributed by atoms with Gasteiger partial charge in [-0.2, -0.15) is 0 Å². The van der Waals surface area contributed by atoms with Crippen LogP contribution in [0.3, 0.4) is 0 Å². The van der Waals surface area contributed by atoms with Gasteiger partial charge in [0.15, 0.2) is 5.96 Å². The van der Waals surface area contributed by atoms with Gasteiger partial charge in [0.25, 0.3) is 0 Å². The van der Waals surface area contributed by atoms with Crippen molar-refractivity contribution in [1.82, 2.24) is 20.4 Å². The number of carbonyl (C=O) groups excluding carboxylic acids is 1. The summed E-state index contributed by atoms with van der Waals surface area (Å²) in [6.45, 7) is 14.3. The zero-order valence-electron chi connectivity index (χ0n) is 15.9. The van der Waals surface area contributed by atoms with E-state index in [1.165, 1.54) is 13.0 Å². The van der Waals surface area contributed by atoms with Gasteiger partial charge in [0.1, 0.15) is 0 Å². The summed E-state index contributed by atoms with van der Waals surface area (Å²) in [5.74, 6) is 1.20. The second kappa shape index (κ2) is 13.0. The summed E-state index contributed by atoms with van der Waals surface area (Å²) >= 11 is 0. The van der Waals surface area contributed by atoms with Gasteiger partial charge in [0.05, 0.1) is 0 Å². The number of hydrogen-bond donors (Lipinski definition) is 2. The van der Waals surface area contributed by atoms with Crippen molar-refractivity contribution in [1.29, 1.82) is 0 Å². The van der Waals surface area contributed by atoms with E-state index in [2.05, 4.69) is 41.3 Å². The molecule has 6 heteroatoms. The van der Waals surface area contributed by atoms with Gasteiger partial charge in [-0.25, -0.2) is 0 Å². The number of unbranched alkanes of at least 4 members (excludes halogenated alkanes) is 1. The van der Waals surface area contributed by atoms with Crippen LogP contribution < -0.4 is 10.6 Å². The van der Waals surface area contributed by atoms with E-state index in [9.17, 15) is 4.79 Å². The third-order valence-electron chi connectivity index (χ3n) is 4.46. The minimum absolute atomic E-state index is 0.303. The Hall–Kier alpha value is -1.30. The molecule has 1 aliphatic heterocycles. The molecule has 0 saturated carbocycles. The molecule has 0 unspecified atom stereocenters. The number of amides is 1. The van der Waals surface area contributed by atoms with Crippen LogP contribution in [-0.4, -0.2) is 74.0 Å². The molecule has 0 spiro atoms. The van der Waals surface area contributed by atoms with Crippen molar-refractivity contribution >= 4 is 11.9 Å². The molecule has 0 aromatic rings. The minimum atomic E-state index is 0.303. The first-order valence-electron chi connectivity index (χ1n) is 9.73. The smallest absolute Gasteiger partial charge is 0.222 e. The van der Waals surface area contributed by atoms with Gasteiger partial charge < -0.3 is 20.4 Å². The van der Waals surface area contributed by atoms with Crippen molar-refractivity contribution in [3.8, 4) is 0 Å². The van der Waals surface area contributed by atoms with E-state index in [1.54, 1.807) is 0 Å². The number of nitrogens with one attached hydrogen (secondary N) is 2. The predicted octanol–water partition coefficient (Wildman–Crippen LogP) is 1.68. The van der Waals surface area contributed by atoms with E-state index in [1.807, 2.05) is 4.90 Å². The van der Waals surface area contributed by atoms with E-state index in [0.29, 0.717) is 5.91 Å². The summed E-state index contributed by atoms with van der Waals surface area (Å²) in [5, 5.41) is 6.70. The molecule has 1 aliphatic rings. The first-order chi connectivity index (χ1) is 11.7. The normalized spacial score (nSPS) is 15.4. The third kappa shape index (κ3) is 8.52. The van der Waals surface area contributed by atoms with Gasteiger partial charge in [-0.1, -0.05) is 13.8 Å². The summed E-state index contributed by atoms with van der Waals surface area (Å²) in [4.78, 5) is 20.6. The number of carbonyl (C=O) groups is 1. The Morgan fingerprint density at radius 1 is 1.17 bits per heavy atom. The SMILES string of the molecule is CCNC(=NCCCN1CCCC1=O)NCCCCN(CC)CC. The van der Waals surface area contributed by atoms with Crippen LogP contribution in [0.4, 0.5) is 0 Å². The second-order valence-electron chi connectivity index (χ2n) is 6.26. The van der Waals surface area contributed by atoms with Gasteiger partial charge in [-0.05, 0) is 52.2 Å². The van der Waals surface area contributed by atoms with Crippen molar-refractivity contribution in [2.45, 2.75) is 52.9 Å². The van der Waals surface area contributed by atoms with Crippen LogP contribution in [0.15, 0.2) is 4.99 Å². The number of likely N-dealkylation sites (tertiary alicyclic amines) is 1. The summed E-state index contributed by atoms with van der Waals surface area (Å²) < 4.78 is 0. The molecule has 0 aromatic heterocycles. The van der Waals surface area contributed by atoms with Gasteiger partial charge >= 0.3 is 0 Å². The second-order valence-corrected chi connectivity index (χ2v) is 6.26. The van der Waals surface area contributed by atoms with Crippen LogP contribution in [0.2, 0.25) is 0 Å². The lowest BCUT2D eigenvalue weighted by molar-refractivity contribution is -0.127. The maximum absolute atomic E-state index is 11.6. The lowest BCUT2D eigenvalue weighted by atomic mass is 10.3. The number of hydrogen-bond acceptors (Lipinski definition) is 3. The average Bonchev–Trinajstić information content (AvgIpc) is 2.99. The van der Waals surface area contributed by atoms with Crippen LogP contribution in [0.1, 0.15) is 52.9 Å². The standard InChI is InChI=1S/C18H37N5O/c1-4-19-18(20-12-7-8-14-22(5-2)6-3)21-13-10-16-23-15-9-11-17(23)24/h4-16H2,1-3H3,(H2,19,20,21). The summed E-state index contributed by atoms with van der Waals surface area (Å²) in [6, 6.07) is 0. The Morgan fingerprint density at radius 3 is 2.58 bits per heavy atom. The van der Waals surface area contributed by atoms with Crippen LogP contribution in [0.25, 0.3) is 0 Å². The van der Waals surface area contributed by atoms with Gasteiger partial charge in [-0.3, -0.25) is 9.79 Å². The first kappa shape index (κ1) is 20.7. The highest BCUT2D eigenvalue weighted by Crippen LogP contribution is 2.09. The molecule has 1 saturated heterocycles. The molecule has 0 atom stereocenters. The molecule has 0 bridgehead atoms. The molecule has 1 rings (SSSR count). The van der Waals surface area contributed by atoms with E-state index in [-0.39, 0.29) is 0 Å². The highest BCUT2D eigenvalue weighted by atomic mass is 16.2. The lowest BCUT2D eigenvalue weighted by Gasteiger charge is -2.18. The van der Waals surface area contributed by atoms with Gasteiger partial charge in [0, 0.05) is 39.1 Å². The van der Waals surface area contributed by atoms with Crippen LogP contribution in [0.5, 0.6) is 0 Å². The maximum atomic E-state index is 11.6. The molecule has 1 fully saturated rings. The molecule has 0 aliphatic carbocycles. The molecule has 140 valence electrons. The van der Waals surface area contributed by atoms with Crippen molar-refractivity contribution in [3.63, 3.8) is 0 Å². The molecular formula is C18H37N5O. The highest BCUT2D eigenvalue weighted by Gasteiger charge is 2.18. The summed E-state index contributed by atoms with van der Waals surface area (Å²) in [6.07, 6.45) is 5.04. The third-order valence-corrected chi connectivity index (χ3v) is 4.46. The Morgan fingerprint density at radius 2 is 1.96 bits per heavy atom. The fraction of sp³-hybridized carbons (Fsp3) is 0.889. The summed E-state index contributed by atoms with van der Waals surface area (Å²) in [5.41, 5.74) is 0. The van der Waals surface area contributed by atoms with Gasteiger partial charge in [0.2, 0.25) is 5.91 Å². The molecular weight excluding hydrogens is 302 g/mol. The predicted molar refractivity (Wildman–Crippen MR) is 101 cm³/mol. The van der Waals surface area contributed by atoms with Crippen LogP contribution in [-0.2, 0) is 4.79 Å². The maximum Gasteiger partial charge on any atom is 0.222 e. The Kier molecular flexibility index (Phi) is 11.3. The molecule has 0 aromatic carbocycles. The largest absolute Gasteiger partial charge is 0.357 e. The van der Waals surface area contributed by atoms with E-state index < -0.39 is 0 Å². The van der Waals surface area contributed by atoms with Crippen LogP contribution >= 0.6 is 0 Å². The monoisotopic (exact) mass is 339 g/mol. The molecule has 0 radical (unpaired) electrons. The van der Waals surface area contributed by atoms with Crippen molar-refractivity contribution < 1.29 is 4.79 Å². The highest BCUT2D eigenvalue weighted by molar-refractivity contribution is 5.79. The average molecular weight is 340 g/mol. The fourth-order valence-electron chi connectivity index (χ4n) is 2.94. The van der Waals surface area contributed by atoms with E-state index in [0.717, 1.165) is 77.5 Å². The topological polar surface area (TPSA) is 60.0 Å². The number of rotatable bonds is 12. The molecule has 1 amide bonds. The van der Waals surface area contributed by atoms with Crippen molar-refractivity contribution in [3.05, 3.63) is 0 Å². The Bertz CT molecular complexity index is 368. The van der Waals surface area contributed by atoms with Gasteiger partial charge in [-0.15, -0.1) is 0 Å². The van der Waals surface area contributed by atoms with Crippen molar-refractivity contribution in [2.75, 3.05) is 52.4 Å². The number of aliphatic imine (C=N–C) groups is 1. The zero-order chi connectivity index (χ0) is 17.6. The number of guanidine groups is 1. The Labute approximate surface area is 148 Å². The minimum Gasteiger partial charge on any atom is -0.357 e. The van der Waals surface area contributed by atoms with Crippen LogP contribution in [0, 0.1) is 0 Å². The number of nitrogens with zero attached hydrogens (tertiary/aromatic N) is 3. The van der Waals surface area contributed by atoms with E-state index in [4.69, 9.17) is 0 Å². The van der Waals surface area contributed by atoms with Crippen molar-refractivity contribution in [2.24, 2.45) is 4.99 Å². The lowest BCUT2D eigenvalue weighted by Crippen LogP contribution is -2.38. The first-order valence-corrected chi connectivity index (χ1v) is 9.73. The molecule has 24 heavy (non-hydrogen) atoms. The van der Waals surface area contributed by atoms with E-state index >= 15 is 0 Å². The molecule has 6 nitrogen and oxygen atoms in total. The molecule has 2 N–H and O–H groups in total.